The Morgan fingerprint density at radius 1 is 0.757 bits per heavy atom. The maximum absolute atomic E-state index is 13.0. The number of hydrogen-bond acceptors (Lipinski definition) is 5. The van der Waals surface area contributed by atoms with E-state index in [0.29, 0.717) is 24.0 Å². The van der Waals surface area contributed by atoms with Crippen molar-refractivity contribution in [1.29, 1.82) is 0 Å². The van der Waals surface area contributed by atoms with Crippen LogP contribution in [0.15, 0.2) is 95.9 Å². The minimum Gasteiger partial charge on any atom is -0.473 e. The van der Waals surface area contributed by atoms with Crippen LogP contribution in [0.25, 0.3) is 0 Å². The summed E-state index contributed by atoms with van der Waals surface area (Å²) in [4.78, 5) is 21.1. The lowest BCUT2D eigenvalue weighted by Crippen LogP contribution is -2.47. The minimum absolute atomic E-state index is 0.381. The molecule has 0 aromatic heterocycles. The van der Waals surface area contributed by atoms with Gasteiger partial charge in [0.2, 0.25) is 10.0 Å². The average molecular weight is 525 g/mol. The van der Waals surface area contributed by atoms with Gasteiger partial charge in [-0.3, -0.25) is 4.90 Å². The molecule has 0 unspecified atom stereocenters. The van der Waals surface area contributed by atoms with Crippen LogP contribution in [0.4, 0.5) is 0 Å². The van der Waals surface area contributed by atoms with Crippen molar-refractivity contribution < 1.29 is 28.2 Å². The smallest absolute Gasteiger partial charge is 0.414 e. The molecule has 0 bridgehead atoms. The zero-order valence-corrected chi connectivity index (χ0v) is 21.3. The van der Waals surface area contributed by atoms with Gasteiger partial charge in [0.25, 0.3) is 0 Å². The maximum Gasteiger partial charge on any atom is 0.414 e. The lowest BCUT2D eigenvalue weighted by molar-refractivity contribution is -0.159. The number of piperidine rings is 1. The third kappa shape index (κ3) is 8.52. The maximum atomic E-state index is 13.0. The van der Waals surface area contributed by atoms with Crippen LogP contribution in [0.1, 0.15) is 24.0 Å². The fourth-order valence-corrected chi connectivity index (χ4v) is 5.81. The predicted molar refractivity (Wildman–Crippen MR) is 140 cm³/mol. The van der Waals surface area contributed by atoms with Crippen LogP contribution >= 0.6 is 0 Å². The Morgan fingerprint density at radius 3 is 1.70 bits per heavy atom. The highest BCUT2D eigenvalue weighted by molar-refractivity contribution is 7.89. The molecule has 2 N–H and O–H groups in total. The van der Waals surface area contributed by atoms with Crippen LogP contribution in [-0.4, -0.2) is 65.5 Å². The van der Waals surface area contributed by atoms with Gasteiger partial charge in [0, 0.05) is 32.2 Å². The summed E-state index contributed by atoms with van der Waals surface area (Å²) in [6, 6.07) is 30.3. The van der Waals surface area contributed by atoms with Crippen LogP contribution in [0.3, 0.4) is 0 Å². The zero-order chi connectivity index (χ0) is 26.7. The van der Waals surface area contributed by atoms with E-state index in [2.05, 4.69) is 53.4 Å². The largest absolute Gasteiger partial charge is 0.473 e. The Labute approximate surface area is 217 Å². The summed E-state index contributed by atoms with van der Waals surface area (Å²) in [5, 5.41) is 14.8. The fourth-order valence-electron chi connectivity index (χ4n) is 4.32. The molecule has 3 aromatic rings. The molecular weight excluding hydrogens is 492 g/mol. The molecule has 1 fully saturated rings. The zero-order valence-electron chi connectivity index (χ0n) is 20.5. The number of carbonyl (C=O) groups is 2. The Kier molecular flexibility index (Phi) is 10.4. The van der Waals surface area contributed by atoms with E-state index >= 15 is 0 Å². The molecule has 4 rings (SSSR count). The second-order valence-corrected chi connectivity index (χ2v) is 10.7. The third-order valence-electron chi connectivity index (χ3n) is 6.26. The Balaban J connectivity index is 0.000000568. The number of carboxylic acid groups (broad SMARTS) is 2. The highest BCUT2D eigenvalue weighted by Crippen LogP contribution is 2.24. The quantitative estimate of drug-likeness (QED) is 0.431. The molecular formula is C28H32N2O6S. The van der Waals surface area contributed by atoms with Crippen molar-refractivity contribution in [3.63, 3.8) is 0 Å². The summed E-state index contributed by atoms with van der Waals surface area (Å²) in [7, 11) is -3.41. The summed E-state index contributed by atoms with van der Waals surface area (Å²) in [5.41, 5.74) is 2.64. The van der Waals surface area contributed by atoms with Gasteiger partial charge in [0.15, 0.2) is 0 Å². The van der Waals surface area contributed by atoms with Crippen molar-refractivity contribution in [2.45, 2.75) is 36.7 Å². The van der Waals surface area contributed by atoms with E-state index in [1.807, 2.05) is 18.2 Å². The average Bonchev–Trinajstić information content (AvgIpc) is 2.93. The monoisotopic (exact) mass is 524 g/mol. The van der Waals surface area contributed by atoms with E-state index in [-0.39, 0.29) is 0 Å². The highest BCUT2D eigenvalue weighted by Gasteiger charge is 2.31. The summed E-state index contributed by atoms with van der Waals surface area (Å²) in [5.74, 6) is -3.65. The van der Waals surface area contributed by atoms with Crippen LogP contribution < -0.4 is 0 Å². The number of aliphatic carboxylic acids is 2. The van der Waals surface area contributed by atoms with E-state index in [4.69, 9.17) is 19.8 Å². The van der Waals surface area contributed by atoms with E-state index in [0.717, 1.165) is 32.4 Å². The standard InChI is InChI=1S/C26H30N2O2S.C2H2O4/c29-31(30,26-14-8-3-9-15-26)28-20-17-25(18-21-28)27(22-24-12-6-2-7-13-24)19-16-23-10-4-1-5-11-23;3-1(4)2(5)6/h1-15,25H,16-22H2;(H,3,4)(H,5,6). The number of hydrogen-bond donors (Lipinski definition) is 2. The minimum atomic E-state index is -3.41. The van der Waals surface area contributed by atoms with Gasteiger partial charge >= 0.3 is 11.9 Å². The SMILES string of the molecule is O=C(O)C(=O)O.O=S(=O)(c1ccccc1)N1CCC(N(CCc2ccccc2)Cc2ccccc2)CC1. The van der Waals surface area contributed by atoms with Crippen LogP contribution in [0, 0.1) is 0 Å². The molecule has 1 aliphatic rings. The number of nitrogens with zero attached hydrogens (tertiary/aromatic N) is 2. The Morgan fingerprint density at radius 2 is 1.22 bits per heavy atom. The summed E-state index contributed by atoms with van der Waals surface area (Å²) < 4.78 is 27.6. The van der Waals surface area contributed by atoms with Gasteiger partial charge < -0.3 is 10.2 Å². The van der Waals surface area contributed by atoms with Crippen molar-refractivity contribution in [3.05, 3.63) is 102 Å². The predicted octanol–water partition coefficient (Wildman–Crippen LogP) is 3.74. The second kappa shape index (κ2) is 13.7. The van der Waals surface area contributed by atoms with Crippen molar-refractivity contribution >= 4 is 22.0 Å². The third-order valence-corrected chi connectivity index (χ3v) is 8.18. The van der Waals surface area contributed by atoms with E-state index in [9.17, 15) is 8.42 Å². The molecule has 9 heteroatoms. The molecule has 0 spiro atoms. The molecule has 1 heterocycles. The van der Waals surface area contributed by atoms with Gasteiger partial charge in [-0.25, -0.2) is 18.0 Å². The number of sulfonamides is 1. The van der Waals surface area contributed by atoms with Gasteiger partial charge in [-0.05, 0) is 42.5 Å². The van der Waals surface area contributed by atoms with Crippen molar-refractivity contribution in [2.75, 3.05) is 19.6 Å². The first-order chi connectivity index (χ1) is 17.8. The fraction of sp³-hybridized carbons (Fsp3) is 0.286. The van der Waals surface area contributed by atoms with E-state index < -0.39 is 22.0 Å². The second-order valence-electron chi connectivity index (χ2n) is 8.75. The molecule has 3 aromatic carbocycles. The number of rotatable bonds is 8. The van der Waals surface area contributed by atoms with Gasteiger partial charge in [-0.15, -0.1) is 0 Å². The van der Waals surface area contributed by atoms with Crippen molar-refractivity contribution in [2.24, 2.45) is 0 Å². The van der Waals surface area contributed by atoms with Crippen molar-refractivity contribution in [1.82, 2.24) is 9.21 Å². The van der Waals surface area contributed by atoms with Crippen molar-refractivity contribution in [3.8, 4) is 0 Å². The lowest BCUT2D eigenvalue weighted by Gasteiger charge is -2.38. The molecule has 0 saturated carbocycles. The van der Waals surface area contributed by atoms with Gasteiger partial charge in [0.05, 0.1) is 4.90 Å². The number of benzene rings is 3. The normalized spacial score (nSPS) is 14.5. The topological polar surface area (TPSA) is 115 Å². The van der Waals surface area contributed by atoms with Gasteiger partial charge in [-0.2, -0.15) is 4.31 Å². The molecule has 0 amide bonds. The van der Waals surface area contributed by atoms with Crippen LogP contribution in [-0.2, 0) is 32.6 Å². The summed E-state index contributed by atoms with van der Waals surface area (Å²) in [6.07, 6.45) is 2.71. The lowest BCUT2D eigenvalue weighted by atomic mass is 10.0. The summed E-state index contributed by atoms with van der Waals surface area (Å²) >= 11 is 0. The van der Waals surface area contributed by atoms with Crippen LogP contribution in [0.2, 0.25) is 0 Å². The highest BCUT2D eigenvalue weighted by atomic mass is 32.2. The molecule has 37 heavy (non-hydrogen) atoms. The molecule has 196 valence electrons. The molecule has 0 aliphatic carbocycles. The first-order valence-corrected chi connectivity index (χ1v) is 13.5. The van der Waals surface area contributed by atoms with E-state index in [1.54, 1.807) is 28.6 Å². The van der Waals surface area contributed by atoms with Gasteiger partial charge in [0.1, 0.15) is 0 Å². The van der Waals surface area contributed by atoms with Gasteiger partial charge in [-0.1, -0.05) is 78.9 Å². The van der Waals surface area contributed by atoms with Crippen LogP contribution in [0.5, 0.6) is 0 Å². The van der Waals surface area contributed by atoms with E-state index in [1.165, 1.54) is 11.1 Å². The molecule has 0 radical (unpaired) electrons. The first-order valence-electron chi connectivity index (χ1n) is 12.1. The molecule has 1 saturated heterocycles. The number of carboxylic acids is 2. The molecule has 0 atom stereocenters. The Hall–Kier alpha value is -3.53. The molecule has 1 aliphatic heterocycles. The summed E-state index contributed by atoms with van der Waals surface area (Å²) in [6.45, 7) is 3.00. The molecule has 8 nitrogen and oxygen atoms in total. The first kappa shape index (κ1) is 28.0. The Bertz CT molecular complexity index is 1220.